The van der Waals surface area contributed by atoms with Crippen LogP contribution in [-0.2, 0) is 9.59 Å². The Hall–Kier alpha value is -3.08. The molecule has 0 spiro atoms. The summed E-state index contributed by atoms with van der Waals surface area (Å²) in [5.74, 6) is -1.74. The van der Waals surface area contributed by atoms with Gasteiger partial charge < -0.3 is 5.11 Å². The molecule has 31 heavy (non-hydrogen) atoms. The summed E-state index contributed by atoms with van der Waals surface area (Å²) in [6.07, 6.45) is 0. The molecule has 0 radical (unpaired) electrons. The Morgan fingerprint density at radius 2 is 1.58 bits per heavy atom. The summed E-state index contributed by atoms with van der Waals surface area (Å²) < 4.78 is 0. The summed E-state index contributed by atoms with van der Waals surface area (Å²) in [5.41, 5.74) is 3.58. The van der Waals surface area contributed by atoms with Crippen LogP contribution in [-0.4, -0.2) is 16.8 Å². The van der Waals surface area contributed by atoms with Gasteiger partial charge in [-0.1, -0.05) is 65.2 Å². The first kappa shape index (κ1) is 21.2. The number of carbonyl (C=O) groups is 2. The summed E-state index contributed by atoms with van der Waals surface area (Å²) in [7, 11) is 0. The molecule has 3 aromatic rings. The van der Waals surface area contributed by atoms with Crippen molar-refractivity contribution in [2.45, 2.75) is 19.9 Å². The van der Waals surface area contributed by atoms with E-state index in [4.69, 9.17) is 23.2 Å². The molecule has 1 unspecified atom stereocenters. The zero-order chi connectivity index (χ0) is 22.3. The predicted octanol–water partition coefficient (Wildman–Crippen LogP) is 6.24. The minimum atomic E-state index is -0.779. The number of halogens is 2. The molecule has 1 saturated heterocycles. The summed E-state index contributed by atoms with van der Waals surface area (Å²) in [5, 5.41) is 11.7. The second-order valence-corrected chi connectivity index (χ2v) is 8.30. The topological polar surface area (TPSA) is 57.6 Å². The number of amides is 1. The molecule has 6 heteroatoms. The first-order chi connectivity index (χ1) is 14.8. The molecule has 156 valence electrons. The Morgan fingerprint density at radius 1 is 0.903 bits per heavy atom. The number of aliphatic hydroxyl groups excluding tert-OH is 1. The maximum absolute atomic E-state index is 13.1. The lowest BCUT2D eigenvalue weighted by atomic mass is 9.92. The molecule has 0 saturated carbocycles. The number of ketones is 1. The second kappa shape index (κ2) is 8.22. The molecule has 1 N–H and O–H groups in total. The fourth-order valence-electron chi connectivity index (χ4n) is 3.79. The number of aliphatic hydroxyl groups is 1. The number of Topliss-reactive ketones (excluding diaryl/α,β-unsaturated/α-hetero) is 1. The number of nitrogens with zero attached hydrogens (tertiary/aromatic N) is 1. The molecule has 0 aliphatic carbocycles. The van der Waals surface area contributed by atoms with Gasteiger partial charge in [0, 0.05) is 11.3 Å². The van der Waals surface area contributed by atoms with E-state index in [0.717, 1.165) is 16.7 Å². The van der Waals surface area contributed by atoms with E-state index in [2.05, 4.69) is 0 Å². The van der Waals surface area contributed by atoms with Crippen LogP contribution in [0.15, 0.2) is 72.3 Å². The van der Waals surface area contributed by atoms with Gasteiger partial charge in [-0.2, -0.15) is 0 Å². The zero-order valence-corrected chi connectivity index (χ0v) is 18.4. The highest BCUT2D eigenvalue weighted by atomic mass is 35.5. The van der Waals surface area contributed by atoms with Gasteiger partial charge >= 0.3 is 0 Å². The second-order valence-electron chi connectivity index (χ2n) is 7.49. The standard InChI is InChI=1S/C25H19Cl2NO3/c1-14-7-10-17(11-8-14)28-22(18-6-4-3-5-15(18)2)21(24(30)25(28)31)23(29)16-9-12-19(26)20(27)13-16/h3-13,22,29H,1-2H3/b23-21+. The number of carbonyl (C=O) groups excluding carboxylic acids is 2. The van der Waals surface area contributed by atoms with Crippen molar-refractivity contribution in [3.63, 3.8) is 0 Å². The van der Waals surface area contributed by atoms with Crippen LogP contribution in [0, 0.1) is 13.8 Å². The molecule has 1 fully saturated rings. The van der Waals surface area contributed by atoms with Gasteiger partial charge in [0.15, 0.2) is 0 Å². The maximum atomic E-state index is 13.1. The fourth-order valence-corrected chi connectivity index (χ4v) is 4.09. The van der Waals surface area contributed by atoms with Crippen molar-refractivity contribution in [3.8, 4) is 0 Å². The van der Waals surface area contributed by atoms with E-state index in [1.807, 2.05) is 50.2 Å². The van der Waals surface area contributed by atoms with E-state index in [1.165, 1.54) is 17.0 Å². The van der Waals surface area contributed by atoms with Crippen LogP contribution in [0.3, 0.4) is 0 Å². The third kappa shape index (κ3) is 3.73. The van der Waals surface area contributed by atoms with E-state index in [0.29, 0.717) is 16.3 Å². The van der Waals surface area contributed by atoms with Crippen LogP contribution in [0.2, 0.25) is 10.0 Å². The Balaban J connectivity index is 1.97. The highest BCUT2D eigenvalue weighted by Crippen LogP contribution is 2.43. The Kier molecular flexibility index (Phi) is 5.61. The third-order valence-electron chi connectivity index (χ3n) is 5.43. The van der Waals surface area contributed by atoms with Crippen LogP contribution in [0.5, 0.6) is 0 Å². The van der Waals surface area contributed by atoms with E-state index >= 15 is 0 Å². The van der Waals surface area contributed by atoms with Gasteiger partial charge in [-0.15, -0.1) is 0 Å². The summed E-state index contributed by atoms with van der Waals surface area (Å²) in [4.78, 5) is 27.7. The quantitative estimate of drug-likeness (QED) is 0.291. The Bertz CT molecular complexity index is 1230. The van der Waals surface area contributed by atoms with Crippen molar-refractivity contribution in [2.75, 3.05) is 4.90 Å². The summed E-state index contributed by atoms with van der Waals surface area (Å²) in [6, 6.07) is 18.6. The van der Waals surface area contributed by atoms with Gasteiger partial charge in [-0.3, -0.25) is 14.5 Å². The molecular weight excluding hydrogens is 433 g/mol. The van der Waals surface area contributed by atoms with Crippen LogP contribution in [0.4, 0.5) is 5.69 Å². The number of hydrogen-bond acceptors (Lipinski definition) is 3. The zero-order valence-electron chi connectivity index (χ0n) is 16.9. The van der Waals surface area contributed by atoms with Crippen LogP contribution in [0.1, 0.15) is 28.3 Å². The van der Waals surface area contributed by atoms with Crippen molar-refractivity contribution < 1.29 is 14.7 Å². The SMILES string of the molecule is Cc1ccc(N2C(=O)C(=O)/C(=C(/O)c3ccc(Cl)c(Cl)c3)C2c2ccccc2C)cc1. The Labute approximate surface area is 190 Å². The van der Waals surface area contributed by atoms with E-state index < -0.39 is 17.7 Å². The van der Waals surface area contributed by atoms with Crippen LogP contribution in [0.25, 0.3) is 5.76 Å². The molecule has 1 atom stereocenters. The van der Waals surface area contributed by atoms with Crippen LogP contribution < -0.4 is 4.90 Å². The molecule has 1 aliphatic rings. The van der Waals surface area contributed by atoms with Crippen molar-refractivity contribution in [2.24, 2.45) is 0 Å². The van der Waals surface area contributed by atoms with Gasteiger partial charge in [0.1, 0.15) is 5.76 Å². The first-order valence-corrected chi connectivity index (χ1v) is 10.4. The first-order valence-electron chi connectivity index (χ1n) is 9.68. The lowest BCUT2D eigenvalue weighted by molar-refractivity contribution is -0.132. The fraction of sp³-hybridized carbons (Fsp3) is 0.120. The van der Waals surface area contributed by atoms with Crippen molar-refractivity contribution in [1.29, 1.82) is 0 Å². The molecule has 1 aliphatic heterocycles. The predicted molar refractivity (Wildman–Crippen MR) is 124 cm³/mol. The van der Waals surface area contributed by atoms with E-state index in [1.54, 1.807) is 18.2 Å². The Morgan fingerprint density at radius 3 is 2.23 bits per heavy atom. The molecule has 4 rings (SSSR count). The smallest absolute Gasteiger partial charge is 0.300 e. The van der Waals surface area contributed by atoms with Gasteiger partial charge in [-0.05, 0) is 55.3 Å². The van der Waals surface area contributed by atoms with E-state index in [9.17, 15) is 14.7 Å². The average Bonchev–Trinajstić information content (AvgIpc) is 3.01. The molecule has 3 aromatic carbocycles. The summed E-state index contributed by atoms with van der Waals surface area (Å²) in [6.45, 7) is 3.85. The lowest BCUT2D eigenvalue weighted by Crippen LogP contribution is -2.29. The minimum Gasteiger partial charge on any atom is -0.507 e. The number of aryl methyl sites for hydroxylation is 2. The van der Waals surface area contributed by atoms with Gasteiger partial charge in [0.05, 0.1) is 21.7 Å². The average molecular weight is 452 g/mol. The highest BCUT2D eigenvalue weighted by molar-refractivity contribution is 6.51. The highest BCUT2D eigenvalue weighted by Gasteiger charge is 2.47. The third-order valence-corrected chi connectivity index (χ3v) is 6.17. The summed E-state index contributed by atoms with van der Waals surface area (Å²) >= 11 is 12.1. The number of benzene rings is 3. The minimum absolute atomic E-state index is 0.0123. The molecular formula is C25H19Cl2NO3. The molecule has 1 amide bonds. The van der Waals surface area contributed by atoms with Gasteiger partial charge in [0.2, 0.25) is 0 Å². The lowest BCUT2D eigenvalue weighted by Gasteiger charge is -2.26. The number of hydrogen-bond donors (Lipinski definition) is 1. The molecule has 4 nitrogen and oxygen atoms in total. The molecule has 0 bridgehead atoms. The maximum Gasteiger partial charge on any atom is 0.300 e. The molecule has 1 heterocycles. The monoisotopic (exact) mass is 451 g/mol. The molecule has 0 aromatic heterocycles. The van der Waals surface area contributed by atoms with Crippen molar-refractivity contribution in [3.05, 3.63) is 105 Å². The number of rotatable bonds is 3. The van der Waals surface area contributed by atoms with Crippen molar-refractivity contribution in [1.82, 2.24) is 0 Å². The number of anilines is 1. The normalized spacial score (nSPS) is 17.9. The van der Waals surface area contributed by atoms with E-state index in [-0.39, 0.29) is 16.4 Å². The van der Waals surface area contributed by atoms with Gasteiger partial charge in [-0.25, -0.2) is 0 Å². The van der Waals surface area contributed by atoms with Crippen molar-refractivity contribution >= 4 is 46.3 Å². The largest absolute Gasteiger partial charge is 0.507 e. The van der Waals surface area contributed by atoms with Crippen LogP contribution >= 0.6 is 23.2 Å². The van der Waals surface area contributed by atoms with Gasteiger partial charge in [0.25, 0.3) is 11.7 Å².